The third kappa shape index (κ3) is 1.93. The van der Waals surface area contributed by atoms with Crippen molar-refractivity contribution in [3.05, 3.63) is 24.3 Å². The first-order chi connectivity index (χ1) is 8.75. The highest BCUT2D eigenvalue weighted by Crippen LogP contribution is 2.29. The van der Waals surface area contributed by atoms with Crippen molar-refractivity contribution in [3.8, 4) is 0 Å². The maximum Gasteiger partial charge on any atom is 0.322 e. The van der Waals surface area contributed by atoms with Crippen molar-refractivity contribution < 1.29 is 9.90 Å². The van der Waals surface area contributed by atoms with E-state index in [2.05, 4.69) is 9.69 Å². The second-order valence-corrected chi connectivity index (χ2v) is 5.10. The van der Waals surface area contributed by atoms with E-state index >= 15 is 0 Å². The predicted molar refractivity (Wildman–Crippen MR) is 71.3 cm³/mol. The molecule has 1 aliphatic rings. The molecule has 0 radical (unpaired) electrons. The molecular formula is C12H13N3O2S. The van der Waals surface area contributed by atoms with Gasteiger partial charge in [-0.2, -0.15) is 4.37 Å². The number of hydrogen-bond donors (Lipinski definition) is 2. The molecule has 94 valence electrons. The highest BCUT2D eigenvalue weighted by atomic mass is 32.1. The summed E-state index contributed by atoms with van der Waals surface area (Å²) in [6.07, 6.45) is 0. The van der Waals surface area contributed by atoms with Crippen LogP contribution >= 0.6 is 11.5 Å². The van der Waals surface area contributed by atoms with E-state index in [-0.39, 0.29) is 0 Å². The van der Waals surface area contributed by atoms with Crippen LogP contribution in [0.3, 0.4) is 0 Å². The molecule has 3 rings (SSSR count). The van der Waals surface area contributed by atoms with Crippen molar-refractivity contribution in [2.24, 2.45) is 0 Å². The number of nitrogens with zero attached hydrogens (tertiary/aromatic N) is 2. The Balaban J connectivity index is 1.92. The van der Waals surface area contributed by atoms with Gasteiger partial charge in [-0.1, -0.05) is 12.1 Å². The molecule has 2 N–H and O–H groups in total. The van der Waals surface area contributed by atoms with Crippen LogP contribution in [0, 0.1) is 0 Å². The first-order valence-electron chi connectivity index (χ1n) is 5.81. The molecule has 6 heteroatoms. The third-order valence-corrected chi connectivity index (χ3v) is 3.95. The summed E-state index contributed by atoms with van der Waals surface area (Å²) in [4.78, 5) is 13.1. The third-order valence-electron chi connectivity index (χ3n) is 3.13. The van der Waals surface area contributed by atoms with E-state index in [0.29, 0.717) is 13.1 Å². The first kappa shape index (κ1) is 11.4. The number of fused-ring (bicyclic) bond motifs is 1. The lowest BCUT2D eigenvalue weighted by molar-refractivity contribution is -0.139. The average molecular weight is 263 g/mol. The largest absolute Gasteiger partial charge is 0.480 e. The fraction of sp³-hybridized carbons (Fsp3) is 0.333. The van der Waals surface area contributed by atoms with Crippen molar-refractivity contribution >= 4 is 33.4 Å². The van der Waals surface area contributed by atoms with Gasteiger partial charge in [-0.25, -0.2) is 0 Å². The second kappa shape index (κ2) is 4.55. The summed E-state index contributed by atoms with van der Waals surface area (Å²) >= 11 is 1.46. The number of benzene rings is 1. The molecule has 0 unspecified atom stereocenters. The van der Waals surface area contributed by atoms with Gasteiger partial charge in [0.2, 0.25) is 0 Å². The van der Waals surface area contributed by atoms with Crippen molar-refractivity contribution in [2.45, 2.75) is 6.04 Å². The number of rotatable bonds is 2. The molecule has 1 aromatic carbocycles. The van der Waals surface area contributed by atoms with E-state index in [1.165, 1.54) is 11.5 Å². The number of aliphatic carboxylic acids is 1. The van der Waals surface area contributed by atoms with Gasteiger partial charge in [0.25, 0.3) is 0 Å². The number of carbonyl (C=O) groups is 1. The minimum atomic E-state index is -0.806. The molecule has 1 atom stereocenters. The molecule has 1 saturated heterocycles. The van der Waals surface area contributed by atoms with Gasteiger partial charge < -0.3 is 15.3 Å². The molecule has 0 spiro atoms. The smallest absolute Gasteiger partial charge is 0.322 e. The zero-order valence-electron chi connectivity index (χ0n) is 9.67. The minimum Gasteiger partial charge on any atom is -0.480 e. The fourth-order valence-corrected chi connectivity index (χ4v) is 3.00. The molecule has 0 bridgehead atoms. The highest BCUT2D eigenvalue weighted by Gasteiger charge is 2.26. The quantitative estimate of drug-likeness (QED) is 0.851. The lowest BCUT2D eigenvalue weighted by atomic mass is 10.2. The lowest BCUT2D eigenvalue weighted by Crippen LogP contribution is -2.54. The Morgan fingerprint density at radius 2 is 2.33 bits per heavy atom. The van der Waals surface area contributed by atoms with Crippen molar-refractivity contribution in [3.63, 3.8) is 0 Å². The molecule has 1 fully saturated rings. The van der Waals surface area contributed by atoms with Crippen molar-refractivity contribution in [1.82, 2.24) is 9.69 Å². The van der Waals surface area contributed by atoms with Crippen LogP contribution in [0.15, 0.2) is 24.3 Å². The van der Waals surface area contributed by atoms with E-state index in [1.54, 1.807) is 0 Å². The van der Waals surface area contributed by atoms with Gasteiger partial charge in [-0.05, 0) is 23.7 Å². The van der Waals surface area contributed by atoms with Crippen molar-refractivity contribution in [2.75, 3.05) is 24.5 Å². The Morgan fingerprint density at radius 1 is 1.50 bits per heavy atom. The van der Waals surface area contributed by atoms with E-state index in [9.17, 15) is 4.79 Å². The Hall–Kier alpha value is -1.66. The van der Waals surface area contributed by atoms with Gasteiger partial charge in [0, 0.05) is 25.0 Å². The number of carboxylic acid groups (broad SMARTS) is 1. The van der Waals surface area contributed by atoms with Crippen LogP contribution in [0.5, 0.6) is 0 Å². The van der Waals surface area contributed by atoms with E-state index in [4.69, 9.17) is 5.11 Å². The zero-order valence-corrected chi connectivity index (χ0v) is 10.5. The maximum atomic E-state index is 11.0. The van der Waals surface area contributed by atoms with Gasteiger partial charge in [0.1, 0.15) is 11.9 Å². The topological polar surface area (TPSA) is 65.5 Å². The summed E-state index contributed by atoms with van der Waals surface area (Å²) in [5.41, 5.74) is 0. The highest BCUT2D eigenvalue weighted by molar-refractivity contribution is 7.13. The number of carboxylic acids is 1. The summed E-state index contributed by atoms with van der Waals surface area (Å²) in [6, 6.07) is 7.53. The van der Waals surface area contributed by atoms with Crippen LogP contribution in [0.25, 0.3) is 10.1 Å². The van der Waals surface area contributed by atoms with Crippen LogP contribution in [0.4, 0.5) is 5.82 Å². The van der Waals surface area contributed by atoms with Crippen LogP contribution in [-0.4, -0.2) is 41.1 Å². The summed E-state index contributed by atoms with van der Waals surface area (Å²) in [5, 5.41) is 13.2. The number of aromatic nitrogens is 1. The average Bonchev–Trinajstić information content (AvgIpc) is 2.82. The molecular weight excluding hydrogens is 250 g/mol. The van der Waals surface area contributed by atoms with Crippen LogP contribution in [0.1, 0.15) is 0 Å². The van der Waals surface area contributed by atoms with Gasteiger partial charge in [-0.3, -0.25) is 4.79 Å². The normalized spacial score (nSPS) is 20.2. The van der Waals surface area contributed by atoms with E-state index in [1.807, 2.05) is 29.2 Å². The summed E-state index contributed by atoms with van der Waals surface area (Å²) < 4.78 is 5.60. The number of anilines is 1. The standard InChI is InChI=1S/C12H13N3O2S/c16-12(17)9-7-15(6-5-13-9)11-8-3-1-2-4-10(8)18-14-11/h1-4,9,13H,5-7H2,(H,16,17)/t9-/m1/s1. The van der Waals surface area contributed by atoms with Gasteiger partial charge in [-0.15, -0.1) is 0 Å². The van der Waals surface area contributed by atoms with Gasteiger partial charge >= 0.3 is 5.97 Å². The Bertz CT molecular complexity index is 583. The minimum absolute atomic E-state index is 0.461. The maximum absolute atomic E-state index is 11.0. The SMILES string of the molecule is O=C(O)[C@H]1CN(c2nsc3ccccc23)CCN1. The summed E-state index contributed by atoms with van der Waals surface area (Å²) in [5.74, 6) is 0.0996. The number of piperazine rings is 1. The number of hydrogen-bond acceptors (Lipinski definition) is 5. The zero-order chi connectivity index (χ0) is 12.5. The monoisotopic (exact) mass is 263 g/mol. The Kier molecular flexibility index (Phi) is 2.89. The lowest BCUT2D eigenvalue weighted by Gasteiger charge is -2.31. The van der Waals surface area contributed by atoms with E-state index in [0.717, 1.165) is 22.4 Å². The Labute approximate surface area is 108 Å². The molecule has 1 aliphatic heterocycles. The first-order valence-corrected chi connectivity index (χ1v) is 6.58. The molecule has 1 aromatic heterocycles. The molecule has 18 heavy (non-hydrogen) atoms. The Morgan fingerprint density at radius 3 is 3.17 bits per heavy atom. The summed E-state index contributed by atoms with van der Waals surface area (Å²) in [7, 11) is 0. The predicted octanol–water partition coefficient (Wildman–Crippen LogP) is 1.16. The molecule has 2 aromatic rings. The van der Waals surface area contributed by atoms with E-state index < -0.39 is 12.0 Å². The van der Waals surface area contributed by atoms with Crippen LogP contribution < -0.4 is 10.2 Å². The molecule has 0 saturated carbocycles. The molecule has 0 aliphatic carbocycles. The molecule has 5 nitrogen and oxygen atoms in total. The molecule has 0 amide bonds. The van der Waals surface area contributed by atoms with Crippen molar-refractivity contribution in [1.29, 1.82) is 0 Å². The van der Waals surface area contributed by atoms with Crippen LogP contribution in [-0.2, 0) is 4.79 Å². The van der Waals surface area contributed by atoms with Gasteiger partial charge in [0.05, 0.1) is 4.70 Å². The fourth-order valence-electron chi connectivity index (χ4n) is 2.21. The van der Waals surface area contributed by atoms with Gasteiger partial charge in [0.15, 0.2) is 0 Å². The second-order valence-electron chi connectivity index (χ2n) is 4.29. The molecule has 2 heterocycles. The summed E-state index contributed by atoms with van der Waals surface area (Å²) in [6.45, 7) is 1.92. The number of nitrogens with one attached hydrogen (secondary N) is 1. The van der Waals surface area contributed by atoms with Crippen LogP contribution in [0.2, 0.25) is 0 Å².